The number of nitrogens with zero attached hydrogens (tertiary/aromatic N) is 1. The number of nitrogens with one attached hydrogen (secondary N) is 2. The third-order valence-corrected chi connectivity index (χ3v) is 5.47. The molecular formula is C21H29N3O4. The first-order valence-corrected chi connectivity index (χ1v) is 10.1. The molecule has 4 amide bonds. The second kappa shape index (κ2) is 9.57. The van der Waals surface area contributed by atoms with Crippen molar-refractivity contribution >= 4 is 17.8 Å². The van der Waals surface area contributed by atoms with E-state index in [1.54, 1.807) is 19.2 Å². The molecule has 7 nitrogen and oxygen atoms in total. The van der Waals surface area contributed by atoms with Crippen LogP contribution in [-0.2, 0) is 16.1 Å². The van der Waals surface area contributed by atoms with Crippen LogP contribution in [-0.4, -0.2) is 41.9 Å². The van der Waals surface area contributed by atoms with Gasteiger partial charge in [0.15, 0.2) is 0 Å². The molecule has 1 saturated heterocycles. The average molecular weight is 387 g/mol. The molecular weight excluding hydrogens is 358 g/mol. The molecule has 1 aliphatic heterocycles. The number of methoxy groups -OCH3 is 1. The summed E-state index contributed by atoms with van der Waals surface area (Å²) >= 11 is 0. The molecule has 2 fully saturated rings. The van der Waals surface area contributed by atoms with E-state index in [1.807, 2.05) is 12.1 Å². The van der Waals surface area contributed by atoms with Crippen LogP contribution < -0.4 is 15.4 Å². The third-order valence-electron chi connectivity index (χ3n) is 5.47. The molecule has 2 aliphatic rings. The van der Waals surface area contributed by atoms with Crippen LogP contribution in [0.2, 0.25) is 0 Å². The first kappa shape index (κ1) is 20.2. The number of hydrogen-bond donors (Lipinski definition) is 2. The lowest BCUT2D eigenvalue weighted by Crippen LogP contribution is -2.40. The van der Waals surface area contributed by atoms with Gasteiger partial charge in [-0.15, -0.1) is 0 Å². The summed E-state index contributed by atoms with van der Waals surface area (Å²) in [5, 5.41) is 5.69. The van der Waals surface area contributed by atoms with Crippen LogP contribution in [0.15, 0.2) is 24.3 Å². The van der Waals surface area contributed by atoms with Crippen LogP contribution in [0.1, 0.15) is 56.9 Å². The molecule has 1 atom stereocenters. The van der Waals surface area contributed by atoms with E-state index < -0.39 is 12.1 Å². The van der Waals surface area contributed by atoms with Gasteiger partial charge in [-0.3, -0.25) is 14.5 Å². The molecule has 1 saturated carbocycles. The van der Waals surface area contributed by atoms with Gasteiger partial charge < -0.3 is 15.4 Å². The summed E-state index contributed by atoms with van der Waals surface area (Å²) in [5.74, 6) is 0.189. The minimum Gasteiger partial charge on any atom is -0.497 e. The molecule has 28 heavy (non-hydrogen) atoms. The van der Waals surface area contributed by atoms with Crippen molar-refractivity contribution < 1.29 is 19.1 Å². The van der Waals surface area contributed by atoms with Crippen molar-refractivity contribution in [1.82, 2.24) is 15.5 Å². The Labute approximate surface area is 165 Å². The fourth-order valence-corrected chi connectivity index (χ4v) is 3.85. The quantitative estimate of drug-likeness (QED) is 0.735. The summed E-state index contributed by atoms with van der Waals surface area (Å²) < 4.78 is 5.11. The van der Waals surface area contributed by atoms with Crippen molar-refractivity contribution in [3.05, 3.63) is 29.8 Å². The van der Waals surface area contributed by atoms with Crippen molar-refractivity contribution in [3.63, 3.8) is 0 Å². The highest BCUT2D eigenvalue weighted by Crippen LogP contribution is 2.19. The van der Waals surface area contributed by atoms with Crippen LogP contribution in [0.3, 0.4) is 0 Å². The molecule has 0 radical (unpaired) electrons. The highest BCUT2D eigenvalue weighted by Gasteiger charge is 2.39. The first-order chi connectivity index (χ1) is 13.6. The summed E-state index contributed by atoms with van der Waals surface area (Å²) in [6.07, 6.45) is 7.90. The minimum atomic E-state index is -0.792. The largest absolute Gasteiger partial charge is 0.497 e. The van der Waals surface area contributed by atoms with E-state index in [1.165, 1.54) is 19.3 Å². The van der Waals surface area contributed by atoms with Gasteiger partial charge >= 0.3 is 6.03 Å². The first-order valence-electron chi connectivity index (χ1n) is 10.1. The van der Waals surface area contributed by atoms with Crippen LogP contribution in [0, 0.1) is 0 Å². The van der Waals surface area contributed by atoms with Crippen molar-refractivity contribution in [3.8, 4) is 5.75 Å². The highest BCUT2D eigenvalue weighted by molar-refractivity contribution is 6.05. The van der Waals surface area contributed by atoms with Crippen LogP contribution in [0.5, 0.6) is 5.75 Å². The smallest absolute Gasteiger partial charge is 0.325 e. The maximum Gasteiger partial charge on any atom is 0.325 e. The zero-order chi connectivity index (χ0) is 19.9. The number of hydrogen-bond acceptors (Lipinski definition) is 4. The van der Waals surface area contributed by atoms with Gasteiger partial charge in [-0.25, -0.2) is 4.79 Å². The fourth-order valence-electron chi connectivity index (χ4n) is 3.85. The number of urea groups is 1. The predicted molar refractivity (Wildman–Crippen MR) is 105 cm³/mol. The summed E-state index contributed by atoms with van der Waals surface area (Å²) in [6, 6.07) is 6.13. The van der Waals surface area contributed by atoms with Crippen molar-refractivity contribution in [1.29, 1.82) is 0 Å². The van der Waals surface area contributed by atoms with E-state index in [-0.39, 0.29) is 30.8 Å². The Bertz CT molecular complexity index is 696. The zero-order valence-electron chi connectivity index (χ0n) is 16.4. The summed E-state index contributed by atoms with van der Waals surface area (Å²) in [4.78, 5) is 38.4. The fraction of sp³-hybridized carbons (Fsp3) is 0.571. The number of carbonyl (C=O) groups is 3. The summed E-state index contributed by atoms with van der Waals surface area (Å²) in [7, 11) is 1.58. The minimum absolute atomic E-state index is 0.0137. The van der Waals surface area contributed by atoms with E-state index in [0.717, 1.165) is 36.1 Å². The molecule has 152 valence electrons. The van der Waals surface area contributed by atoms with E-state index >= 15 is 0 Å². The second-order valence-corrected chi connectivity index (χ2v) is 7.59. The lowest BCUT2D eigenvalue weighted by atomic mass is 9.96. The van der Waals surface area contributed by atoms with E-state index in [0.29, 0.717) is 5.75 Å². The topological polar surface area (TPSA) is 87.7 Å². The Morgan fingerprint density at radius 3 is 2.39 bits per heavy atom. The van der Waals surface area contributed by atoms with E-state index in [9.17, 15) is 14.4 Å². The van der Waals surface area contributed by atoms with Gasteiger partial charge in [-0.1, -0.05) is 44.2 Å². The van der Waals surface area contributed by atoms with Gasteiger partial charge in [-0.2, -0.15) is 0 Å². The van der Waals surface area contributed by atoms with Gasteiger partial charge in [0.2, 0.25) is 5.91 Å². The molecule has 1 unspecified atom stereocenters. The summed E-state index contributed by atoms with van der Waals surface area (Å²) in [6.45, 7) is 0.176. The Morgan fingerprint density at radius 2 is 1.75 bits per heavy atom. The number of rotatable bonds is 6. The van der Waals surface area contributed by atoms with Gasteiger partial charge in [0.25, 0.3) is 5.91 Å². The maximum atomic E-state index is 12.6. The molecule has 0 spiro atoms. The number of carbonyl (C=O) groups excluding carboxylic acids is 3. The molecule has 3 rings (SSSR count). The standard InChI is InChI=1S/C21H29N3O4/c1-28-17-11-9-15(10-12-17)14-24-20(26)18(23-21(24)27)13-19(25)22-16-7-5-3-2-4-6-8-16/h9-12,16,18H,2-8,13-14H2,1H3,(H,22,25)(H,23,27). The third kappa shape index (κ3) is 5.24. The van der Waals surface area contributed by atoms with Crippen molar-refractivity contribution in [2.24, 2.45) is 0 Å². The molecule has 2 N–H and O–H groups in total. The van der Waals surface area contributed by atoms with Crippen molar-refractivity contribution in [2.75, 3.05) is 7.11 Å². The maximum absolute atomic E-state index is 12.6. The monoisotopic (exact) mass is 387 g/mol. The SMILES string of the molecule is COc1ccc(CN2C(=O)NC(CC(=O)NC3CCCCCCC3)C2=O)cc1. The molecule has 1 aliphatic carbocycles. The lowest BCUT2D eigenvalue weighted by Gasteiger charge is -2.21. The average Bonchev–Trinajstić information content (AvgIpc) is 2.92. The molecule has 1 aromatic rings. The predicted octanol–water partition coefficient (Wildman–Crippen LogP) is 2.73. The molecule has 0 aromatic heterocycles. The Balaban J connectivity index is 1.52. The van der Waals surface area contributed by atoms with Gasteiger partial charge in [-0.05, 0) is 30.5 Å². The van der Waals surface area contributed by atoms with Gasteiger partial charge in [0, 0.05) is 6.04 Å². The van der Waals surface area contributed by atoms with E-state index in [2.05, 4.69) is 10.6 Å². The number of imide groups is 1. The molecule has 0 bridgehead atoms. The Hall–Kier alpha value is -2.57. The van der Waals surface area contributed by atoms with Gasteiger partial charge in [0.05, 0.1) is 20.1 Å². The Kier molecular flexibility index (Phi) is 6.90. The zero-order valence-corrected chi connectivity index (χ0v) is 16.4. The molecule has 1 heterocycles. The Morgan fingerprint density at radius 1 is 1.11 bits per heavy atom. The molecule has 7 heteroatoms. The molecule has 1 aromatic carbocycles. The van der Waals surface area contributed by atoms with Crippen LogP contribution in [0.4, 0.5) is 4.79 Å². The number of ether oxygens (including phenoxy) is 1. The highest BCUT2D eigenvalue weighted by atomic mass is 16.5. The summed E-state index contributed by atoms with van der Waals surface area (Å²) in [5.41, 5.74) is 0.823. The van der Waals surface area contributed by atoms with Crippen molar-refractivity contribution in [2.45, 2.75) is 70.0 Å². The van der Waals surface area contributed by atoms with Gasteiger partial charge in [0.1, 0.15) is 11.8 Å². The van der Waals surface area contributed by atoms with E-state index in [4.69, 9.17) is 4.74 Å². The van der Waals surface area contributed by atoms with Crippen LogP contribution >= 0.6 is 0 Å². The van der Waals surface area contributed by atoms with Crippen LogP contribution in [0.25, 0.3) is 0 Å². The lowest BCUT2D eigenvalue weighted by molar-refractivity contribution is -0.131. The number of benzene rings is 1. The second-order valence-electron chi connectivity index (χ2n) is 7.59. The number of amides is 4. The normalized spacial score (nSPS) is 21.0.